The number of thiophene rings is 1. The van der Waals surface area contributed by atoms with Crippen molar-refractivity contribution in [2.75, 3.05) is 50.9 Å². The quantitative estimate of drug-likeness (QED) is 0.257. The third-order valence-electron chi connectivity index (χ3n) is 7.36. The molecule has 0 spiro atoms. The van der Waals surface area contributed by atoms with E-state index in [2.05, 4.69) is 15.2 Å². The summed E-state index contributed by atoms with van der Waals surface area (Å²) in [6.45, 7) is 4.67. The lowest BCUT2D eigenvalue weighted by molar-refractivity contribution is 0.0990. The highest BCUT2D eigenvalue weighted by atomic mass is 32.1. The van der Waals surface area contributed by atoms with Gasteiger partial charge in [0.25, 0.3) is 0 Å². The Morgan fingerprint density at radius 1 is 0.975 bits per heavy atom. The molecule has 40 heavy (non-hydrogen) atoms. The first-order valence-corrected chi connectivity index (χ1v) is 15.0. The molecular weight excluding hydrogens is 524 g/mol. The standard InChI is InChI=1S/C31H38N4O4S/c36-25-15-19-33(22-25)23-26-13-14-30(40-26)29(37)21-32-16-20-39-31(38)35(34-17-7-2-8-18-34)28-12-6-5-11-27(28)24-9-3-1-4-10-24/h1,3-6,9-14,25,32,36H,2,7-8,15-23H2. The maximum atomic E-state index is 13.5. The smallest absolute Gasteiger partial charge is 0.429 e. The zero-order chi connectivity index (χ0) is 27.7. The molecule has 0 radical (unpaired) electrons. The van der Waals surface area contributed by atoms with Crippen LogP contribution in [0.5, 0.6) is 0 Å². The lowest BCUT2D eigenvalue weighted by Crippen LogP contribution is -2.50. The number of aliphatic hydroxyl groups excluding tert-OH is 1. The number of benzene rings is 2. The van der Waals surface area contributed by atoms with Crippen LogP contribution in [0.3, 0.4) is 0 Å². The Hall–Kier alpha value is -3.08. The lowest BCUT2D eigenvalue weighted by Gasteiger charge is -2.37. The highest BCUT2D eigenvalue weighted by molar-refractivity contribution is 7.14. The number of piperidine rings is 1. The van der Waals surface area contributed by atoms with Gasteiger partial charge < -0.3 is 15.2 Å². The molecule has 2 aromatic carbocycles. The van der Waals surface area contributed by atoms with Crippen LogP contribution < -0.4 is 10.3 Å². The van der Waals surface area contributed by atoms with Crippen LogP contribution in [-0.4, -0.2) is 78.9 Å². The predicted molar refractivity (Wildman–Crippen MR) is 159 cm³/mol. The number of nitrogens with one attached hydrogen (secondary N) is 1. The van der Waals surface area contributed by atoms with E-state index in [0.717, 1.165) is 73.6 Å². The van der Waals surface area contributed by atoms with Crippen molar-refractivity contribution in [1.82, 2.24) is 15.2 Å². The van der Waals surface area contributed by atoms with Crippen molar-refractivity contribution >= 4 is 28.9 Å². The maximum absolute atomic E-state index is 13.5. The number of ketones is 1. The molecule has 2 fully saturated rings. The van der Waals surface area contributed by atoms with Crippen molar-refractivity contribution < 1.29 is 19.4 Å². The van der Waals surface area contributed by atoms with E-state index >= 15 is 0 Å². The summed E-state index contributed by atoms with van der Waals surface area (Å²) in [4.78, 5) is 30.2. The van der Waals surface area contributed by atoms with Gasteiger partial charge in [-0.1, -0.05) is 55.0 Å². The number of Topliss-reactive ketones (excluding diaryl/α,β-unsaturated/α-hetero) is 1. The van der Waals surface area contributed by atoms with Crippen LogP contribution in [0.2, 0.25) is 0 Å². The minimum absolute atomic E-state index is 0.0239. The summed E-state index contributed by atoms with van der Waals surface area (Å²) in [5.41, 5.74) is 2.83. The number of aliphatic hydroxyl groups is 1. The molecule has 1 unspecified atom stereocenters. The molecule has 2 N–H and O–H groups in total. The van der Waals surface area contributed by atoms with Gasteiger partial charge >= 0.3 is 6.09 Å². The first kappa shape index (κ1) is 28.4. The summed E-state index contributed by atoms with van der Waals surface area (Å²) >= 11 is 1.50. The lowest BCUT2D eigenvalue weighted by atomic mass is 10.0. The minimum atomic E-state index is -0.409. The number of anilines is 1. The third kappa shape index (κ3) is 7.35. The molecule has 0 bridgehead atoms. The molecule has 3 aromatic rings. The Morgan fingerprint density at radius 3 is 2.52 bits per heavy atom. The first-order valence-electron chi connectivity index (χ1n) is 14.2. The van der Waals surface area contributed by atoms with E-state index in [-0.39, 0.29) is 25.0 Å². The van der Waals surface area contributed by atoms with Gasteiger partial charge in [0.05, 0.1) is 23.2 Å². The molecule has 8 nitrogen and oxygen atoms in total. The van der Waals surface area contributed by atoms with E-state index in [0.29, 0.717) is 18.0 Å². The number of ether oxygens (including phenoxy) is 1. The molecule has 2 aliphatic rings. The topological polar surface area (TPSA) is 85.4 Å². The van der Waals surface area contributed by atoms with E-state index in [9.17, 15) is 14.7 Å². The number of hydrogen-bond donors (Lipinski definition) is 2. The summed E-state index contributed by atoms with van der Waals surface area (Å²) < 4.78 is 5.73. The molecule has 1 aromatic heterocycles. The van der Waals surface area contributed by atoms with Gasteiger partial charge in [-0.25, -0.2) is 14.8 Å². The van der Waals surface area contributed by atoms with Crippen molar-refractivity contribution in [2.45, 2.75) is 38.3 Å². The molecule has 1 amide bonds. The second-order valence-electron chi connectivity index (χ2n) is 10.4. The fourth-order valence-electron chi connectivity index (χ4n) is 5.31. The van der Waals surface area contributed by atoms with Crippen LogP contribution in [-0.2, 0) is 11.3 Å². The SMILES string of the molecule is O=C(CNCCOC(=O)N(c1ccccc1-c1ccccc1)N1CCCCC1)c1ccc(CN2CCC(O)C2)s1. The fourth-order valence-corrected chi connectivity index (χ4v) is 6.30. The first-order chi connectivity index (χ1) is 19.6. The molecule has 212 valence electrons. The third-order valence-corrected chi connectivity index (χ3v) is 8.47. The molecular formula is C31H38N4O4S. The van der Waals surface area contributed by atoms with Gasteiger partial charge in [-0.2, -0.15) is 0 Å². The normalized spacial score (nSPS) is 18.1. The number of likely N-dealkylation sites (tertiary alicyclic amines) is 1. The van der Waals surface area contributed by atoms with Crippen molar-refractivity contribution in [2.24, 2.45) is 0 Å². The Balaban J connectivity index is 1.15. The number of para-hydroxylation sites is 1. The molecule has 2 aliphatic heterocycles. The monoisotopic (exact) mass is 562 g/mol. The van der Waals surface area contributed by atoms with Gasteiger partial charge in [0, 0.05) is 49.7 Å². The van der Waals surface area contributed by atoms with Crippen molar-refractivity contribution in [3.8, 4) is 11.1 Å². The second kappa shape index (κ2) is 14.0. The Kier molecular flexibility index (Phi) is 9.96. The largest absolute Gasteiger partial charge is 0.447 e. The van der Waals surface area contributed by atoms with Gasteiger partial charge in [0.15, 0.2) is 5.78 Å². The molecule has 9 heteroatoms. The highest BCUT2D eigenvalue weighted by Crippen LogP contribution is 2.33. The number of hydrogen-bond acceptors (Lipinski definition) is 8. The second-order valence-corrected chi connectivity index (χ2v) is 11.5. The number of amides is 1. The highest BCUT2D eigenvalue weighted by Gasteiger charge is 2.28. The molecule has 5 rings (SSSR count). The van der Waals surface area contributed by atoms with Crippen molar-refractivity contribution in [3.63, 3.8) is 0 Å². The number of carbonyl (C=O) groups excluding carboxylic acids is 2. The Labute approximate surface area is 240 Å². The van der Waals surface area contributed by atoms with Crippen LogP contribution in [0, 0.1) is 0 Å². The predicted octanol–water partition coefficient (Wildman–Crippen LogP) is 4.80. The molecule has 2 saturated heterocycles. The van der Waals surface area contributed by atoms with Gasteiger partial charge in [0.2, 0.25) is 0 Å². The number of hydrazine groups is 1. The van der Waals surface area contributed by atoms with E-state index in [1.165, 1.54) is 11.3 Å². The zero-order valence-electron chi connectivity index (χ0n) is 22.8. The van der Waals surface area contributed by atoms with Crippen LogP contribution in [0.4, 0.5) is 10.5 Å². The van der Waals surface area contributed by atoms with E-state index in [4.69, 9.17) is 4.74 Å². The average Bonchev–Trinajstić information content (AvgIpc) is 3.63. The van der Waals surface area contributed by atoms with Crippen LogP contribution in [0.15, 0.2) is 66.7 Å². The zero-order valence-corrected chi connectivity index (χ0v) is 23.7. The summed E-state index contributed by atoms with van der Waals surface area (Å²) in [5.74, 6) is 0.0239. The summed E-state index contributed by atoms with van der Waals surface area (Å²) in [7, 11) is 0. The number of carbonyl (C=O) groups is 2. The fraction of sp³-hybridized carbons (Fsp3) is 0.419. The molecule has 1 atom stereocenters. The average molecular weight is 563 g/mol. The van der Waals surface area contributed by atoms with E-state index in [1.54, 1.807) is 5.01 Å². The summed E-state index contributed by atoms with van der Waals surface area (Å²) in [6.07, 6.45) is 3.38. The Bertz CT molecular complexity index is 1260. The summed E-state index contributed by atoms with van der Waals surface area (Å²) in [6, 6.07) is 21.9. The maximum Gasteiger partial charge on any atom is 0.429 e. The minimum Gasteiger partial charge on any atom is -0.447 e. The van der Waals surface area contributed by atoms with Gasteiger partial charge in [-0.05, 0) is 43.0 Å². The number of β-amino-alcohol motifs (C(OH)–C–C–N with tert-alkyl or cyclic N) is 1. The Morgan fingerprint density at radius 2 is 1.75 bits per heavy atom. The van der Waals surface area contributed by atoms with Gasteiger partial charge in [0.1, 0.15) is 6.61 Å². The van der Waals surface area contributed by atoms with Crippen LogP contribution >= 0.6 is 11.3 Å². The van der Waals surface area contributed by atoms with Crippen LogP contribution in [0.25, 0.3) is 11.1 Å². The summed E-state index contributed by atoms with van der Waals surface area (Å²) in [5, 5.41) is 16.6. The van der Waals surface area contributed by atoms with E-state index in [1.807, 2.05) is 66.7 Å². The number of rotatable bonds is 11. The van der Waals surface area contributed by atoms with E-state index < -0.39 is 6.09 Å². The molecule has 3 heterocycles. The van der Waals surface area contributed by atoms with Gasteiger partial charge in [-0.3, -0.25) is 9.69 Å². The van der Waals surface area contributed by atoms with Gasteiger partial charge in [-0.15, -0.1) is 11.3 Å². The molecule has 0 aliphatic carbocycles. The van der Waals surface area contributed by atoms with Crippen LogP contribution in [0.1, 0.15) is 40.2 Å². The van der Waals surface area contributed by atoms with Crippen molar-refractivity contribution in [3.05, 3.63) is 76.5 Å². The number of nitrogens with zero attached hydrogens (tertiary/aromatic N) is 3. The molecule has 0 saturated carbocycles. The van der Waals surface area contributed by atoms with Crippen molar-refractivity contribution in [1.29, 1.82) is 0 Å².